The maximum atomic E-state index is 2.58. The highest BCUT2D eigenvalue weighted by Crippen LogP contribution is 2.41. The first-order chi connectivity index (χ1) is 21.8. The molecular weight excluding hydrogens is 528 g/mol. The monoisotopic (exact) mass is 566 g/mol. The van der Waals surface area contributed by atoms with Crippen LogP contribution in [-0.2, 0) is 0 Å². The minimum atomic E-state index is 0.646. The lowest BCUT2D eigenvalue weighted by molar-refractivity contribution is 0.442. The van der Waals surface area contributed by atoms with Crippen LogP contribution in [0.3, 0.4) is 0 Å². The summed E-state index contributed by atoms with van der Waals surface area (Å²) in [7, 11) is 0. The molecule has 0 spiro atoms. The molecule has 4 aromatic carbocycles. The average Bonchev–Trinajstić information content (AvgIpc) is 3.10. The molecule has 0 heteroatoms. The van der Waals surface area contributed by atoms with Gasteiger partial charge in [0.2, 0.25) is 0 Å². The lowest BCUT2D eigenvalue weighted by atomic mass is 9.71. The maximum Gasteiger partial charge on any atom is -0.00236 e. The molecule has 0 bridgehead atoms. The molecule has 4 aromatic rings. The zero-order valence-electron chi connectivity index (χ0n) is 25.4. The van der Waals surface area contributed by atoms with Crippen LogP contribution in [0.5, 0.6) is 0 Å². The zero-order valence-corrected chi connectivity index (χ0v) is 25.4. The molecule has 0 fully saturated rings. The van der Waals surface area contributed by atoms with Gasteiger partial charge in [-0.05, 0) is 145 Å². The van der Waals surface area contributed by atoms with E-state index in [9.17, 15) is 0 Å². The Morgan fingerprint density at radius 2 is 1.34 bits per heavy atom. The van der Waals surface area contributed by atoms with Gasteiger partial charge in [-0.25, -0.2) is 0 Å². The van der Waals surface area contributed by atoms with Crippen LogP contribution in [0, 0.1) is 11.8 Å². The van der Waals surface area contributed by atoms with E-state index in [2.05, 4.69) is 121 Å². The third-order valence-corrected chi connectivity index (χ3v) is 10.7. The van der Waals surface area contributed by atoms with E-state index in [-0.39, 0.29) is 0 Å². The van der Waals surface area contributed by atoms with Crippen molar-refractivity contribution in [3.05, 3.63) is 135 Å². The Balaban J connectivity index is 1.32. The highest BCUT2D eigenvalue weighted by Gasteiger charge is 2.29. The van der Waals surface area contributed by atoms with E-state index in [1.165, 1.54) is 84.3 Å². The zero-order chi connectivity index (χ0) is 29.0. The van der Waals surface area contributed by atoms with Crippen LogP contribution in [0.25, 0.3) is 62.4 Å². The van der Waals surface area contributed by atoms with E-state index in [1.807, 2.05) is 0 Å². The molecule has 0 amide bonds. The first-order valence-corrected chi connectivity index (χ1v) is 16.8. The number of allylic oxidation sites excluding steroid dienone is 8. The molecule has 9 rings (SSSR count). The van der Waals surface area contributed by atoms with Crippen LogP contribution in [0.4, 0.5) is 0 Å². The molecule has 2 unspecified atom stereocenters. The predicted octanol–water partition coefficient (Wildman–Crippen LogP) is 8.51. The van der Waals surface area contributed by atoms with Crippen molar-refractivity contribution in [3.8, 4) is 22.3 Å². The number of rotatable bonds is 3. The Labute approximate surface area is 260 Å². The minimum Gasteiger partial charge on any atom is -0.0842 e. The van der Waals surface area contributed by atoms with Crippen LogP contribution < -0.4 is 20.9 Å². The molecule has 0 heterocycles. The van der Waals surface area contributed by atoms with Crippen molar-refractivity contribution in [3.63, 3.8) is 0 Å². The molecule has 5 aliphatic carbocycles. The van der Waals surface area contributed by atoms with E-state index < -0.39 is 0 Å². The Morgan fingerprint density at radius 1 is 0.568 bits per heavy atom. The Hall–Kier alpha value is -4.42. The van der Waals surface area contributed by atoms with Gasteiger partial charge in [0.25, 0.3) is 0 Å². The molecule has 0 saturated carbocycles. The maximum absolute atomic E-state index is 2.58. The Bertz CT molecular complexity index is 2230. The summed E-state index contributed by atoms with van der Waals surface area (Å²) in [6.45, 7) is 0. The van der Waals surface area contributed by atoms with E-state index in [0.29, 0.717) is 5.92 Å². The van der Waals surface area contributed by atoms with Gasteiger partial charge in [0.15, 0.2) is 0 Å². The fourth-order valence-corrected chi connectivity index (χ4v) is 8.68. The second kappa shape index (κ2) is 10.6. The van der Waals surface area contributed by atoms with Crippen LogP contribution in [0.1, 0.15) is 56.9 Å². The lowest BCUT2D eigenvalue weighted by Gasteiger charge is -2.33. The van der Waals surface area contributed by atoms with Crippen molar-refractivity contribution < 1.29 is 0 Å². The topological polar surface area (TPSA) is 0 Å². The summed E-state index contributed by atoms with van der Waals surface area (Å²) in [5.41, 5.74) is 11.3. The largest absolute Gasteiger partial charge is 0.0842 e. The second-order valence-corrected chi connectivity index (χ2v) is 13.2. The van der Waals surface area contributed by atoms with Gasteiger partial charge < -0.3 is 0 Å². The molecule has 0 nitrogen and oxygen atoms in total. The molecular formula is C44H38. The summed E-state index contributed by atoms with van der Waals surface area (Å²) in [5.74, 6) is 1.39. The molecule has 0 aliphatic heterocycles. The van der Waals surface area contributed by atoms with E-state index >= 15 is 0 Å². The average molecular weight is 567 g/mol. The fraction of sp³-hybridized carbons (Fsp3) is 0.227. The Kier molecular flexibility index (Phi) is 6.29. The van der Waals surface area contributed by atoms with Gasteiger partial charge in [0, 0.05) is 0 Å². The van der Waals surface area contributed by atoms with Crippen LogP contribution >= 0.6 is 0 Å². The third-order valence-electron chi connectivity index (χ3n) is 10.7. The van der Waals surface area contributed by atoms with Gasteiger partial charge in [-0.3, -0.25) is 0 Å². The molecule has 5 aliphatic rings. The van der Waals surface area contributed by atoms with E-state index in [1.54, 1.807) is 11.1 Å². The predicted molar refractivity (Wildman–Crippen MR) is 188 cm³/mol. The first-order valence-electron chi connectivity index (χ1n) is 16.8. The lowest BCUT2D eigenvalue weighted by Crippen LogP contribution is -2.38. The molecule has 0 saturated heterocycles. The summed E-state index contributed by atoms with van der Waals surface area (Å²) >= 11 is 0. The van der Waals surface area contributed by atoms with Crippen molar-refractivity contribution in [2.45, 2.75) is 51.4 Å². The van der Waals surface area contributed by atoms with Gasteiger partial charge in [0.1, 0.15) is 0 Å². The highest BCUT2D eigenvalue weighted by molar-refractivity contribution is 6.06. The summed E-state index contributed by atoms with van der Waals surface area (Å²) in [6, 6.07) is 25.5. The molecule has 44 heavy (non-hydrogen) atoms. The van der Waals surface area contributed by atoms with Crippen LogP contribution in [0.2, 0.25) is 0 Å². The smallest absolute Gasteiger partial charge is 0.00236 e. The number of hydrogen-bond acceptors (Lipinski definition) is 0. The molecule has 0 radical (unpaired) electrons. The van der Waals surface area contributed by atoms with Crippen LogP contribution in [0.15, 0.2) is 109 Å². The molecule has 2 atom stereocenters. The highest BCUT2D eigenvalue weighted by atomic mass is 14.3. The molecule has 0 aromatic heterocycles. The number of benzene rings is 4. The van der Waals surface area contributed by atoms with Gasteiger partial charge in [-0.1, -0.05) is 115 Å². The molecule has 214 valence electrons. The summed E-state index contributed by atoms with van der Waals surface area (Å²) in [6.07, 6.45) is 31.4. The summed E-state index contributed by atoms with van der Waals surface area (Å²) < 4.78 is 0. The van der Waals surface area contributed by atoms with Crippen molar-refractivity contribution in [1.82, 2.24) is 0 Å². The first kappa shape index (κ1) is 26.0. The minimum absolute atomic E-state index is 0.646. The van der Waals surface area contributed by atoms with Gasteiger partial charge in [-0.2, -0.15) is 0 Å². The van der Waals surface area contributed by atoms with Crippen molar-refractivity contribution in [2.24, 2.45) is 11.8 Å². The summed E-state index contributed by atoms with van der Waals surface area (Å²) in [5, 5.41) is 8.42. The van der Waals surface area contributed by atoms with Crippen molar-refractivity contribution in [1.29, 1.82) is 0 Å². The van der Waals surface area contributed by atoms with Crippen LogP contribution in [-0.4, -0.2) is 0 Å². The second-order valence-electron chi connectivity index (χ2n) is 13.2. The SMILES string of the molecule is C1=CC(c2cccc(-c3c4c(c(-c5cccc6c5=CCC5CC7CCC=CC7=CC=65)c5ccccc35)=CCCC=4)c2)=CCC1. The Morgan fingerprint density at radius 3 is 2.20 bits per heavy atom. The normalized spacial score (nSPS) is 21.5. The molecule has 0 N–H and O–H groups in total. The quantitative estimate of drug-likeness (QED) is 0.233. The van der Waals surface area contributed by atoms with E-state index in [0.717, 1.165) is 38.0 Å². The fourth-order valence-electron chi connectivity index (χ4n) is 8.68. The van der Waals surface area contributed by atoms with Gasteiger partial charge >= 0.3 is 0 Å². The third kappa shape index (κ3) is 4.19. The van der Waals surface area contributed by atoms with Crippen molar-refractivity contribution >= 4 is 40.1 Å². The van der Waals surface area contributed by atoms with Gasteiger partial charge in [0.05, 0.1) is 0 Å². The van der Waals surface area contributed by atoms with E-state index in [4.69, 9.17) is 0 Å². The van der Waals surface area contributed by atoms with Gasteiger partial charge in [-0.15, -0.1) is 0 Å². The van der Waals surface area contributed by atoms with Crippen molar-refractivity contribution in [2.75, 3.05) is 0 Å². The number of fused-ring (bicyclic) bond motifs is 5. The summed E-state index contributed by atoms with van der Waals surface area (Å²) in [4.78, 5) is 0. The standard InChI is InChI=1S/C44H38/c1-2-12-29(13-3-1)30-16-10-17-34(27-30)43-38-18-6-8-20-40(38)44(41-21-9-7-19-39(41)43)37-23-11-22-35-36(37)25-24-33-26-31-14-4-5-15-32(31)28-42(33)35/h2,5-6,8,10-13,15-23,25,27-28,31,33H,1,3-4,7,9,14,24,26H2. The number of hydrogen-bond donors (Lipinski definition) is 0.